The molecule has 1 aliphatic heterocycles. The Bertz CT molecular complexity index is 613. The summed E-state index contributed by atoms with van der Waals surface area (Å²) >= 11 is 4.75. The van der Waals surface area contributed by atoms with E-state index in [1.807, 2.05) is 0 Å². The van der Waals surface area contributed by atoms with Gasteiger partial charge in [-0.2, -0.15) is 0 Å². The van der Waals surface area contributed by atoms with Crippen LogP contribution >= 0.6 is 12.2 Å². The van der Waals surface area contributed by atoms with Crippen LogP contribution in [0.2, 0.25) is 0 Å². The third-order valence-corrected chi connectivity index (χ3v) is 4.50. The first-order valence-corrected chi connectivity index (χ1v) is 8.15. The molecule has 1 aliphatic rings. The van der Waals surface area contributed by atoms with Gasteiger partial charge >= 0.3 is 0 Å². The van der Waals surface area contributed by atoms with Crippen LogP contribution in [-0.4, -0.2) is 31.9 Å². The lowest BCUT2D eigenvalue weighted by atomic mass is 10.2. The molecule has 0 radical (unpaired) electrons. The maximum absolute atomic E-state index is 13.7. The maximum atomic E-state index is 13.7. The van der Waals surface area contributed by atoms with Crippen LogP contribution in [-0.2, 0) is 14.8 Å². The Morgan fingerprint density at radius 3 is 2.90 bits per heavy atom. The van der Waals surface area contributed by atoms with Crippen LogP contribution < -0.4 is 10.5 Å². The van der Waals surface area contributed by atoms with Crippen LogP contribution in [0, 0.1) is 5.82 Å². The Morgan fingerprint density at radius 1 is 1.55 bits per heavy atom. The molecule has 0 saturated carbocycles. The Balaban J connectivity index is 2.20. The van der Waals surface area contributed by atoms with Gasteiger partial charge in [0, 0.05) is 6.61 Å². The van der Waals surface area contributed by atoms with Crippen LogP contribution in [0.25, 0.3) is 0 Å². The third-order valence-electron chi connectivity index (χ3n) is 2.95. The van der Waals surface area contributed by atoms with E-state index in [9.17, 15) is 12.8 Å². The third kappa shape index (κ3) is 3.65. The summed E-state index contributed by atoms with van der Waals surface area (Å²) in [6.07, 6.45) is 1.22. The Morgan fingerprint density at radius 2 is 2.30 bits per heavy atom. The van der Waals surface area contributed by atoms with Gasteiger partial charge in [0.1, 0.15) is 10.8 Å². The van der Waals surface area contributed by atoms with E-state index in [2.05, 4.69) is 4.72 Å². The molecule has 1 atom stereocenters. The number of ether oxygens (including phenoxy) is 1. The van der Waals surface area contributed by atoms with Crippen LogP contribution in [0.5, 0.6) is 0 Å². The van der Waals surface area contributed by atoms with Crippen molar-refractivity contribution in [1.82, 2.24) is 0 Å². The molecule has 1 aromatic rings. The van der Waals surface area contributed by atoms with Crippen molar-refractivity contribution < 1.29 is 17.5 Å². The number of hydrogen-bond donors (Lipinski definition) is 2. The molecule has 0 spiro atoms. The van der Waals surface area contributed by atoms with Gasteiger partial charge < -0.3 is 10.5 Å². The number of benzene rings is 1. The van der Waals surface area contributed by atoms with E-state index in [1.54, 1.807) is 0 Å². The molecule has 3 N–H and O–H groups in total. The first-order valence-electron chi connectivity index (χ1n) is 6.09. The van der Waals surface area contributed by atoms with Gasteiger partial charge in [0.2, 0.25) is 10.0 Å². The molecule has 20 heavy (non-hydrogen) atoms. The first-order chi connectivity index (χ1) is 9.39. The zero-order valence-corrected chi connectivity index (χ0v) is 12.3. The summed E-state index contributed by atoms with van der Waals surface area (Å²) < 4.78 is 45.3. The smallest absolute Gasteiger partial charge is 0.235 e. The molecule has 0 aromatic heterocycles. The second kappa shape index (κ2) is 6.02. The van der Waals surface area contributed by atoms with E-state index in [0.29, 0.717) is 13.0 Å². The standard InChI is InChI=1S/C12H15FN2O3S2/c13-9-4-1-5-10(11(9)12(14)19)15-20(16,17)7-8-3-2-6-18-8/h1,4-5,8,15H,2-3,6-7H2,(H2,14,19). The van der Waals surface area contributed by atoms with Crippen molar-refractivity contribution in [2.45, 2.75) is 18.9 Å². The lowest BCUT2D eigenvalue weighted by Crippen LogP contribution is -2.27. The number of thiocarbonyl (C=S) groups is 1. The molecule has 1 fully saturated rings. The lowest BCUT2D eigenvalue weighted by Gasteiger charge is -2.14. The van der Waals surface area contributed by atoms with Crippen LogP contribution in [0.3, 0.4) is 0 Å². The zero-order valence-electron chi connectivity index (χ0n) is 10.6. The van der Waals surface area contributed by atoms with Gasteiger partial charge in [-0.05, 0) is 25.0 Å². The van der Waals surface area contributed by atoms with Crippen LogP contribution in [0.15, 0.2) is 18.2 Å². The molecular weight excluding hydrogens is 303 g/mol. The second-order valence-corrected chi connectivity index (χ2v) is 6.75. The fraction of sp³-hybridized carbons (Fsp3) is 0.417. The van der Waals surface area contributed by atoms with E-state index in [0.717, 1.165) is 6.42 Å². The monoisotopic (exact) mass is 318 g/mol. The molecule has 1 heterocycles. The molecule has 5 nitrogen and oxygen atoms in total. The molecule has 1 unspecified atom stereocenters. The van der Waals surface area contributed by atoms with E-state index in [1.165, 1.54) is 18.2 Å². The molecule has 0 aliphatic carbocycles. The normalized spacial score (nSPS) is 18.9. The molecular formula is C12H15FN2O3S2. The van der Waals surface area contributed by atoms with E-state index in [4.69, 9.17) is 22.7 Å². The number of rotatable bonds is 5. The Hall–Kier alpha value is -1.25. The number of nitrogens with one attached hydrogen (secondary N) is 1. The van der Waals surface area contributed by atoms with Crippen molar-refractivity contribution >= 4 is 32.9 Å². The van der Waals surface area contributed by atoms with E-state index < -0.39 is 15.8 Å². The predicted octanol–water partition coefficient (Wildman–Crippen LogP) is 1.38. The fourth-order valence-electron chi connectivity index (χ4n) is 2.09. The predicted molar refractivity (Wildman–Crippen MR) is 78.7 cm³/mol. The molecule has 2 rings (SSSR count). The highest BCUT2D eigenvalue weighted by atomic mass is 32.2. The van der Waals surface area contributed by atoms with Gasteiger partial charge in [0.05, 0.1) is 23.1 Å². The second-order valence-electron chi connectivity index (χ2n) is 4.55. The van der Waals surface area contributed by atoms with Crippen LogP contribution in [0.1, 0.15) is 18.4 Å². The summed E-state index contributed by atoms with van der Waals surface area (Å²) in [7, 11) is -3.65. The SMILES string of the molecule is NC(=S)c1c(F)cccc1NS(=O)(=O)CC1CCCO1. The molecule has 1 saturated heterocycles. The van der Waals surface area contributed by atoms with Gasteiger partial charge in [0.15, 0.2) is 0 Å². The molecule has 8 heteroatoms. The number of sulfonamides is 1. The van der Waals surface area contributed by atoms with Gasteiger partial charge in [0.25, 0.3) is 0 Å². The van der Waals surface area contributed by atoms with Gasteiger partial charge in [-0.25, -0.2) is 12.8 Å². The van der Waals surface area contributed by atoms with Crippen molar-refractivity contribution in [2.24, 2.45) is 5.73 Å². The molecule has 0 amide bonds. The van der Waals surface area contributed by atoms with E-state index >= 15 is 0 Å². The summed E-state index contributed by atoms with van der Waals surface area (Å²) in [4.78, 5) is -0.196. The zero-order chi connectivity index (χ0) is 14.8. The maximum Gasteiger partial charge on any atom is 0.235 e. The van der Waals surface area contributed by atoms with Gasteiger partial charge in [-0.15, -0.1) is 0 Å². The molecule has 1 aromatic carbocycles. The van der Waals surface area contributed by atoms with Crippen molar-refractivity contribution in [3.05, 3.63) is 29.6 Å². The minimum Gasteiger partial charge on any atom is -0.389 e. The molecule has 0 bridgehead atoms. The largest absolute Gasteiger partial charge is 0.389 e. The average molecular weight is 318 g/mol. The lowest BCUT2D eigenvalue weighted by molar-refractivity contribution is 0.127. The van der Waals surface area contributed by atoms with Crippen molar-refractivity contribution in [1.29, 1.82) is 0 Å². The number of hydrogen-bond acceptors (Lipinski definition) is 4. The summed E-state index contributed by atoms with van der Waals surface area (Å²) in [5, 5.41) is 0. The average Bonchev–Trinajstić information content (AvgIpc) is 2.79. The topological polar surface area (TPSA) is 81.4 Å². The minimum atomic E-state index is -3.65. The summed E-state index contributed by atoms with van der Waals surface area (Å²) in [5.74, 6) is -0.824. The minimum absolute atomic E-state index is 0.0514. The highest BCUT2D eigenvalue weighted by Crippen LogP contribution is 2.21. The Kier molecular flexibility index (Phi) is 4.56. The van der Waals surface area contributed by atoms with Crippen LogP contribution in [0.4, 0.5) is 10.1 Å². The van der Waals surface area contributed by atoms with Gasteiger partial charge in [-0.3, -0.25) is 4.72 Å². The van der Waals surface area contributed by atoms with Crippen molar-refractivity contribution in [2.75, 3.05) is 17.1 Å². The van der Waals surface area contributed by atoms with Gasteiger partial charge in [-0.1, -0.05) is 18.3 Å². The van der Waals surface area contributed by atoms with E-state index in [-0.39, 0.29) is 28.1 Å². The highest BCUT2D eigenvalue weighted by Gasteiger charge is 2.24. The Labute approximate surface area is 122 Å². The quantitative estimate of drug-likeness (QED) is 0.802. The number of nitrogens with two attached hydrogens (primary N) is 1. The summed E-state index contributed by atoms with van der Waals surface area (Å²) in [6.45, 7) is 0.568. The molecule has 110 valence electrons. The number of halogens is 1. The summed E-state index contributed by atoms with van der Waals surface area (Å²) in [6, 6.07) is 3.98. The van der Waals surface area contributed by atoms with Crippen molar-refractivity contribution in [3.8, 4) is 0 Å². The fourth-order valence-corrected chi connectivity index (χ4v) is 3.64. The number of anilines is 1. The first kappa shape index (κ1) is 15.1. The highest BCUT2D eigenvalue weighted by molar-refractivity contribution is 7.92. The van der Waals surface area contributed by atoms with Crippen molar-refractivity contribution in [3.63, 3.8) is 0 Å². The summed E-state index contributed by atoms with van der Waals surface area (Å²) in [5.41, 5.74) is 5.38.